The van der Waals surface area contributed by atoms with E-state index in [1.54, 1.807) is 0 Å². The Morgan fingerprint density at radius 2 is 1.56 bits per heavy atom. The predicted octanol–water partition coefficient (Wildman–Crippen LogP) is 1.57. The fourth-order valence-corrected chi connectivity index (χ4v) is 3.61. The van der Waals surface area contributed by atoms with Crippen molar-refractivity contribution in [3.8, 4) is 11.1 Å². The van der Waals surface area contributed by atoms with E-state index < -0.39 is 48.4 Å². The van der Waals surface area contributed by atoms with Crippen molar-refractivity contribution in [2.75, 3.05) is 6.61 Å². The Kier molecular flexibility index (Phi) is 6.81. The van der Waals surface area contributed by atoms with Crippen LogP contribution >= 0.6 is 0 Å². The largest absolute Gasteiger partial charge is 0.480 e. The van der Waals surface area contributed by atoms with E-state index in [0.29, 0.717) is 0 Å². The zero-order valence-corrected chi connectivity index (χ0v) is 17.7. The number of carbonyl (C=O) groups is 3. The third-order valence-electron chi connectivity index (χ3n) is 5.32. The van der Waals surface area contributed by atoms with Gasteiger partial charge in [0, 0.05) is 17.5 Å². The van der Waals surface area contributed by atoms with E-state index in [1.165, 1.54) is 13.8 Å². The summed E-state index contributed by atoms with van der Waals surface area (Å²) in [6.07, 6.45) is -1.96. The monoisotopic (exact) mass is 442 g/mol. The molecule has 1 aliphatic carbocycles. The summed E-state index contributed by atoms with van der Waals surface area (Å²) < 4.78 is 5.66. The number of carboxylic acids is 1. The third-order valence-corrected chi connectivity index (χ3v) is 5.32. The van der Waals surface area contributed by atoms with Crippen LogP contribution in [-0.4, -0.2) is 57.6 Å². The summed E-state index contributed by atoms with van der Waals surface area (Å²) in [5.41, 5.74) is 1.79. The molecular weight excluding hydrogens is 416 g/mol. The Morgan fingerprint density at radius 1 is 1.03 bits per heavy atom. The van der Waals surface area contributed by atoms with Gasteiger partial charge in [0.15, 0.2) is 6.10 Å². The number of nitrogens with one attached hydrogen (secondary N) is 2. The first-order chi connectivity index (χ1) is 15.1. The number of alkyl carbamates (subject to hydrolysis) is 1. The first-order valence-electron chi connectivity index (χ1n) is 10.1. The molecule has 2 amide bonds. The molecule has 0 aliphatic heterocycles. The summed E-state index contributed by atoms with van der Waals surface area (Å²) in [5, 5.41) is 33.3. The van der Waals surface area contributed by atoms with Crippen molar-refractivity contribution in [3.63, 3.8) is 0 Å². The standard InChI is InChI=1S/C23H26N2O7/c1-13(21(28)29)24-20(27)18(11-23(2,31)12-26)25-22(30)32-19-16-9-5-3-7-14(16)15-8-4-6-10-17(15)19/h3-10,13,18-19,26,31H,11-12H2,1-2H3,(H,24,27)(H,25,30)(H,28,29)/t13-,18-,23+/m0/s1. The lowest BCUT2D eigenvalue weighted by molar-refractivity contribution is -0.141. The molecule has 0 saturated carbocycles. The molecule has 0 spiro atoms. The highest BCUT2D eigenvalue weighted by Gasteiger charge is 2.35. The van der Waals surface area contributed by atoms with Crippen molar-refractivity contribution in [1.29, 1.82) is 0 Å². The maximum atomic E-state index is 12.8. The SMILES string of the molecule is C[C@H](NC(=O)[C@H](C[C@@](C)(O)CO)NC(=O)OC1c2ccccc2-c2ccccc21)C(=O)O. The second kappa shape index (κ2) is 9.37. The topological polar surface area (TPSA) is 145 Å². The van der Waals surface area contributed by atoms with Gasteiger partial charge < -0.3 is 30.7 Å². The maximum absolute atomic E-state index is 12.8. The molecule has 3 rings (SSSR count). The second-order valence-corrected chi connectivity index (χ2v) is 8.08. The van der Waals surface area contributed by atoms with Gasteiger partial charge in [-0.2, -0.15) is 0 Å². The fraction of sp³-hybridized carbons (Fsp3) is 0.348. The number of carbonyl (C=O) groups excluding carboxylic acids is 2. The van der Waals surface area contributed by atoms with Crippen LogP contribution in [0.1, 0.15) is 37.5 Å². The van der Waals surface area contributed by atoms with E-state index in [1.807, 2.05) is 48.5 Å². The van der Waals surface area contributed by atoms with Crippen LogP contribution in [0.5, 0.6) is 0 Å². The molecule has 9 heteroatoms. The van der Waals surface area contributed by atoms with Gasteiger partial charge in [0.05, 0.1) is 12.2 Å². The van der Waals surface area contributed by atoms with Gasteiger partial charge in [-0.15, -0.1) is 0 Å². The summed E-state index contributed by atoms with van der Waals surface area (Å²) in [6, 6.07) is 12.5. The average molecular weight is 442 g/mol. The normalized spacial score (nSPS) is 16.1. The number of rotatable bonds is 8. The molecule has 1 aliphatic rings. The molecule has 0 saturated heterocycles. The maximum Gasteiger partial charge on any atom is 0.408 e. The van der Waals surface area contributed by atoms with Gasteiger partial charge in [0.25, 0.3) is 0 Å². The lowest BCUT2D eigenvalue weighted by Gasteiger charge is -2.27. The minimum Gasteiger partial charge on any atom is -0.480 e. The Bertz CT molecular complexity index is 975. The lowest BCUT2D eigenvalue weighted by atomic mass is 9.97. The molecule has 2 aromatic carbocycles. The van der Waals surface area contributed by atoms with Gasteiger partial charge in [0.2, 0.25) is 5.91 Å². The smallest absolute Gasteiger partial charge is 0.408 e. The first kappa shape index (κ1) is 23.2. The first-order valence-corrected chi connectivity index (χ1v) is 10.1. The number of aliphatic carboxylic acids is 1. The highest BCUT2D eigenvalue weighted by molar-refractivity contribution is 5.89. The summed E-state index contributed by atoms with van der Waals surface area (Å²) in [7, 11) is 0. The number of fused-ring (bicyclic) bond motifs is 3. The number of carboxylic acid groups (broad SMARTS) is 1. The van der Waals surface area contributed by atoms with Crippen molar-refractivity contribution in [2.24, 2.45) is 0 Å². The summed E-state index contributed by atoms with van der Waals surface area (Å²) in [4.78, 5) is 36.4. The average Bonchev–Trinajstić information content (AvgIpc) is 3.07. The predicted molar refractivity (Wildman–Crippen MR) is 115 cm³/mol. The van der Waals surface area contributed by atoms with Crippen molar-refractivity contribution in [3.05, 3.63) is 59.7 Å². The molecule has 2 aromatic rings. The number of hydrogen-bond acceptors (Lipinski definition) is 6. The third kappa shape index (κ3) is 5.06. The minimum atomic E-state index is -1.69. The molecule has 32 heavy (non-hydrogen) atoms. The Balaban J connectivity index is 1.79. The molecule has 3 atom stereocenters. The van der Waals surface area contributed by atoms with E-state index in [-0.39, 0.29) is 6.42 Å². The van der Waals surface area contributed by atoms with Crippen molar-refractivity contribution >= 4 is 18.0 Å². The Morgan fingerprint density at radius 3 is 2.06 bits per heavy atom. The van der Waals surface area contributed by atoms with Crippen LogP contribution < -0.4 is 10.6 Å². The van der Waals surface area contributed by atoms with Gasteiger partial charge in [0.1, 0.15) is 12.1 Å². The van der Waals surface area contributed by atoms with E-state index in [2.05, 4.69) is 10.6 Å². The minimum absolute atomic E-state index is 0.353. The molecule has 0 fully saturated rings. The zero-order valence-electron chi connectivity index (χ0n) is 17.7. The molecular formula is C23H26N2O7. The quantitative estimate of drug-likeness (QED) is 0.417. The number of benzene rings is 2. The van der Waals surface area contributed by atoms with Crippen molar-refractivity contribution in [2.45, 2.75) is 44.1 Å². The van der Waals surface area contributed by atoms with Crippen LogP contribution in [0.3, 0.4) is 0 Å². The summed E-state index contributed by atoms with van der Waals surface area (Å²) in [6.45, 7) is 1.90. The molecule has 0 bridgehead atoms. The number of hydrogen-bond donors (Lipinski definition) is 5. The highest BCUT2D eigenvalue weighted by Crippen LogP contribution is 2.45. The lowest BCUT2D eigenvalue weighted by Crippen LogP contribution is -2.54. The Labute approximate surface area is 185 Å². The molecule has 170 valence electrons. The number of amides is 2. The molecule has 9 nitrogen and oxygen atoms in total. The van der Waals surface area contributed by atoms with Crippen molar-refractivity contribution in [1.82, 2.24) is 10.6 Å². The fourth-order valence-electron chi connectivity index (χ4n) is 3.61. The van der Waals surface area contributed by atoms with E-state index in [9.17, 15) is 24.6 Å². The van der Waals surface area contributed by atoms with Crippen molar-refractivity contribution < 1.29 is 34.4 Å². The van der Waals surface area contributed by atoms with E-state index in [0.717, 1.165) is 22.3 Å². The number of aliphatic hydroxyl groups excluding tert-OH is 1. The van der Waals surface area contributed by atoms with Crippen LogP contribution in [0.4, 0.5) is 4.79 Å². The van der Waals surface area contributed by atoms with E-state index in [4.69, 9.17) is 9.84 Å². The van der Waals surface area contributed by atoms with E-state index >= 15 is 0 Å². The highest BCUT2D eigenvalue weighted by atomic mass is 16.6. The summed E-state index contributed by atoms with van der Waals surface area (Å²) >= 11 is 0. The number of aliphatic hydroxyl groups is 2. The van der Waals surface area contributed by atoms with Crippen LogP contribution in [0.25, 0.3) is 11.1 Å². The molecule has 0 radical (unpaired) electrons. The second-order valence-electron chi connectivity index (χ2n) is 8.08. The van der Waals surface area contributed by atoms with Gasteiger partial charge in [-0.25, -0.2) is 4.79 Å². The van der Waals surface area contributed by atoms with Gasteiger partial charge >= 0.3 is 12.1 Å². The molecule has 5 N–H and O–H groups in total. The van der Waals surface area contributed by atoms with Crippen LogP contribution in [-0.2, 0) is 14.3 Å². The van der Waals surface area contributed by atoms with Gasteiger partial charge in [-0.3, -0.25) is 9.59 Å². The van der Waals surface area contributed by atoms with Crippen LogP contribution in [0.15, 0.2) is 48.5 Å². The summed E-state index contributed by atoms with van der Waals surface area (Å²) in [5.74, 6) is -2.08. The van der Waals surface area contributed by atoms with Crippen LogP contribution in [0, 0.1) is 0 Å². The Hall–Kier alpha value is -3.43. The molecule has 0 heterocycles. The molecule has 0 unspecified atom stereocenters. The van der Waals surface area contributed by atoms with Crippen LogP contribution in [0.2, 0.25) is 0 Å². The molecule has 0 aromatic heterocycles. The zero-order chi connectivity index (χ0) is 23.5. The van der Waals surface area contributed by atoms with Gasteiger partial charge in [-0.1, -0.05) is 48.5 Å². The van der Waals surface area contributed by atoms with Gasteiger partial charge in [-0.05, 0) is 25.0 Å². The number of ether oxygens (including phenoxy) is 1.